The lowest BCUT2D eigenvalue weighted by molar-refractivity contribution is -0.384. The average Bonchev–Trinajstić information content (AvgIpc) is 2.91. The Balaban J connectivity index is 2.20. The lowest BCUT2D eigenvalue weighted by Crippen LogP contribution is -2.14. The van der Waals surface area contributed by atoms with E-state index in [0.717, 1.165) is 19.5 Å². The molecule has 0 spiro atoms. The summed E-state index contributed by atoms with van der Waals surface area (Å²) >= 11 is 6.02. The number of nitrogens with one attached hydrogen (secondary N) is 1. The normalized spacial score (nSPS) is 10.8. The van der Waals surface area contributed by atoms with E-state index in [2.05, 4.69) is 15.5 Å². The van der Waals surface area contributed by atoms with Gasteiger partial charge in [0.05, 0.1) is 9.95 Å². The third-order valence-corrected chi connectivity index (χ3v) is 3.18. The van der Waals surface area contributed by atoms with E-state index in [-0.39, 0.29) is 22.2 Å². The van der Waals surface area contributed by atoms with Crippen LogP contribution in [0.2, 0.25) is 5.02 Å². The number of hydrogen-bond donors (Lipinski definition) is 1. The fraction of sp³-hybridized carbons (Fsp3) is 0.385. The zero-order chi connectivity index (χ0) is 15.2. The summed E-state index contributed by atoms with van der Waals surface area (Å²) in [5, 5.41) is 22.2. The van der Waals surface area contributed by atoms with Crippen molar-refractivity contribution in [2.24, 2.45) is 0 Å². The number of nitrogens with zero attached hydrogens (tertiary/aromatic N) is 3. The summed E-state index contributed by atoms with van der Waals surface area (Å²) < 4.78 is 5.48. The standard InChI is InChI=1S/C13H15ClN4O3/c1-2-15-8-4-7-11-16-17-13(21-11)12-9(14)5-3-6-10(12)18(19)20/h3,5-6,15H,2,4,7-8H2,1H3. The second kappa shape index (κ2) is 7.14. The van der Waals surface area contributed by atoms with Gasteiger partial charge in [0.2, 0.25) is 5.89 Å². The predicted octanol–water partition coefficient (Wildman–Crippen LogP) is 2.84. The first-order valence-electron chi connectivity index (χ1n) is 6.59. The Hall–Kier alpha value is -1.99. The molecule has 0 saturated carbocycles. The lowest BCUT2D eigenvalue weighted by Gasteiger charge is -2.00. The molecule has 21 heavy (non-hydrogen) atoms. The number of aromatic nitrogens is 2. The molecule has 0 aliphatic rings. The van der Waals surface area contributed by atoms with Gasteiger partial charge in [0.25, 0.3) is 11.6 Å². The van der Waals surface area contributed by atoms with Crippen LogP contribution in [-0.4, -0.2) is 28.2 Å². The molecule has 2 aromatic rings. The molecule has 7 nitrogen and oxygen atoms in total. The van der Waals surface area contributed by atoms with Gasteiger partial charge < -0.3 is 9.73 Å². The molecule has 2 rings (SSSR count). The SMILES string of the molecule is CCNCCCc1nnc(-c2c(Cl)cccc2[N+](=O)[O-])o1. The third kappa shape index (κ3) is 3.77. The minimum Gasteiger partial charge on any atom is -0.420 e. The molecule has 0 atom stereocenters. The minimum absolute atomic E-state index is 0.0748. The Morgan fingerprint density at radius 1 is 1.43 bits per heavy atom. The first kappa shape index (κ1) is 15.4. The van der Waals surface area contributed by atoms with Crippen LogP contribution in [0.3, 0.4) is 0 Å². The maximum atomic E-state index is 11.0. The molecule has 0 aliphatic heterocycles. The highest BCUT2D eigenvalue weighted by molar-refractivity contribution is 6.33. The Morgan fingerprint density at radius 2 is 2.24 bits per heavy atom. The topological polar surface area (TPSA) is 94.1 Å². The van der Waals surface area contributed by atoms with E-state index < -0.39 is 4.92 Å². The minimum atomic E-state index is -0.518. The zero-order valence-electron chi connectivity index (χ0n) is 11.5. The van der Waals surface area contributed by atoms with Crippen molar-refractivity contribution >= 4 is 17.3 Å². The summed E-state index contributed by atoms with van der Waals surface area (Å²) in [4.78, 5) is 10.5. The summed E-state index contributed by atoms with van der Waals surface area (Å²) in [7, 11) is 0. The zero-order valence-corrected chi connectivity index (χ0v) is 12.3. The molecule has 1 N–H and O–H groups in total. The summed E-state index contributed by atoms with van der Waals surface area (Å²) in [6, 6.07) is 4.42. The molecule has 8 heteroatoms. The molecule has 0 fully saturated rings. The Morgan fingerprint density at radius 3 is 2.95 bits per heavy atom. The van der Waals surface area contributed by atoms with E-state index in [1.807, 2.05) is 6.92 Å². The first-order chi connectivity index (χ1) is 10.1. The van der Waals surface area contributed by atoms with Crippen LogP contribution in [0, 0.1) is 10.1 Å². The monoisotopic (exact) mass is 310 g/mol. The van der Waals surface area contributed by atoms with Crippen molar-refractivity contribution in [3.05, 3.63) is 39.2 Å². The second-order valence-electron chi connectivity index (χ2n) is 4.35. The molecule has 0 radical (unpaired) electrons. The second-order valence-corrected chi connectivity index (χ2v) is 4.76. The number of hydrogen-bond acceptors (Lipinski definition) is 6. The maximum absolute atomic E-state index is 11.0. The van der Waals surface area contributed by atoms with Crippen molar-refractivity contribution in [1.82, 2.24) is 15.5 Å². The van der Waals surface area contributed by atoms with Crippen LogP contribution in [-0.2, 0) is 6.42 Å². The number of halogens is 1. The van der Waals surface area contributed by atoms with Crippen LogP contribution in [0.1, 0.15) is 19.2 Å². The molecule has 112 valence electrons. The van der Waals surface area contributed by atoms with Crippen molar-refractivity contribution in [2.75, 3.05) is 13.1 Å². The lowest BCUT2D eigenvalue weighted by atomic mass is 10.2. The molecule has 0 aliphatic carbocycles. The van der Waals surface area contributed by atoms with Gasteiger partial charge in [-0.1, -0.05) is 24.6 Å². The summed E-state index contributed by atoms with van der Waals surface area (Å²) in [6.07, 6.45) is 1.46. The molecule has 0 bridgehead atoms. The number of benzene rings is 1. The number of nitro groups is 1. The van der Waals surface area contributed by atoms with Crippen molar-refractivity contribution in [3.63, 3.8) is 0 Å². The molecular formula is C13H15ClN4O3. The number of nitro benzene ring substituents is 1. The Kier molecular flexibility index (Phi) is 5.24. The molecular weight excluding hydrogens is 296 g/mol. The fourth-order valence-electron chi connectivity index (χ4n) is 1.87. The smallest absolute Gasteiger partial charge is 0.283 e. The van der Waals surface area contributed by atoms with E-state index in [1.165, 1.54) is 12.1 Å². The van der Waals surface area contributed by atoms with Gasteiger partial charge in [0.1, 0.15) is 5.56 Å². The summed E-state index contributed by atoms with van der Waals surface area (Å²) in [5.74, 6) is 0.517. The molecule has 0 unspecified atom stereocenters. The molecule has 1 aromatic carbocycles. The van der Waals surface area contributed by atoms with Crippen LogP contribution in [0.15, 0.2) is 22.6 Å². The number of rotatable bonds is 7. The van der Waals surface area contributed by atoms with E-state index in [0.29, 0.717) is 12.3 Å². The third-order valence-electron chi connectivity index (χ3n) is 2.86. The maximum Gasteiger partial charge on any atom is 0.283 e. The van der Waals surface area contributed by atoms with Crippen molar-refractivity contribution < 1.29 is 9.34 Å². The van der Waals surface area contributed by atoms with Crippen LogP contribution in [0.5, 0.6) is 0 Å². The van der Waals surface area contributed by atoms with Gasteiger partial charge in [-0.25, -0.2) is 0 Å². The highest BCUT2D eigenvalue weighted by atomic mass is 35.5. The fourth-order valence-corrected chi connectivity index (χ4v) is 2.12. The summed E-state index contributed by atoms with van der Waals surface area (Å²) in [5.41, 5.74) is 0.0138. The predicted molar refractivity (Wildman–Crippen MR) is 78.3 cm³/mol. The highest BCUT2D eigenvalue weighted by Crippen LogP contribution is 2.35. The van der Waals surface area contributed by atoms with Crippen molar-refractivity contribution in [1.29, 1.82) is 0 Å². The van der Waals surface area contributed by atoms with Crippen LogP contribution in [0.4, 0.5) is 5.69 Å². The number of aryl methyl sites for hydroxylation is 1. The van der Waals surface area contributed by atoms with Crippen LogP contribution in [0.25, 0.3) is 11.5 Å². The van der Waals surface area contributed by atoms with Gasteiger partial charge in [0, 0.05) is 12.5 Å². The van der Waals surface area contributed by atoms with Gasteiger partial charge in [-0.3, -0.25) is 10.1 Å². The molecule has 0 saturated heterocycles. The van der Waals surface area contributed by atoms with Gasteiger partial charge >= 0.3 is 0 Å². The van der Waals surface area contributed by atoms with Gasteiger partial charge in [0.15, 0.2) is 0 Å². The Bertz CT molecular complexity index is 630. The Labute approximate surface area is 126 Å². The van der Waals surface area contributed by atoms with E-state index in [1.54, 1.807) is 6.07 Å². The first-order valence-corrected chi connectivity index (χ1v) is 6.97. The molecule has 1 heterocycles. The van der Waals surface area contributed by atoms with Crippen LogP contribution >= 0.6 is 11.6 Å². The van der Waals surface area contributed by atoms with Gasteiger partial charge in [-0.2, -0.15) is 0 Å². The van der Waals surface area contributed by atoms with Gasteiger partial charge in [-0.05, 0) is 25.6 Å². The quantitative estimate of drug-likeness (QED) is 0.480. The van der Waals surface area contributed by atoms with E-state index in [4.69, 9.17) is 16.0 Å². The van der Waals surface area contributed by atoms with Crippen LogP contribution < -0.4 is 5.32 Å². The largest absolute Gasteiger partial charge is 0.420 e. The summed E-state index contributed by atoms with van der Waals surface area (Å²) in [6.45, 7) is 3.78. The average molecular weight is 311 g/mol. The van der Waals surface area contributed by atoms with Crippen molar-refractivity contribution in [2.45, 2.75) is 19.8 Å². The molecule has 0 amide bonds. The highest BCUT2D eigenvalue weighted by Gasteiger charge is 2.23. The van der Waals surface area contributed by atoms with Crippen molar-refractivity contribution in [3.8, 4) is 11.5 Å². The van der Waals surface area contributed by atoms with Gasteiger partial charge in [-0.15, -0.1) is 10.2 Å². The van der Waals surface area contributed by atoms with E-state index >= 15 is 0 Å². The van der Waals surface area contributed by atoms with E-state index in [9.17, 15) is 10.1 Å². The molecule has 1 aromatic heterocycles.